The Morgan fingerprint density at radius 2 is 2.10 bits per heavy atom. The van der Waals surface area contributed by atoms with E-state index in [1.807, 2.05) is 23.3 Å². The first-order valence-electron chi connectivity index (χ1n) is 6.81. The fourth-order valence-corrected chi connectivity index (χ4v) is 2.79. The quantitative estimate of drug-likeness (QED) is 0.874. The summed E-state index contributed by atoms with van der Waals surface area (Å²) in [6.07, 6.45) is 0. The molecular weight excluding hydrogens is 273 g/mol. The molecule has 108 valence electrons. The lowest BCUT2D eigenvalue weighted by atomic mass is 10.3. The molecule has 0 bridgehead atoms. The minimum absolute atomic E-state index is 0.216. The number of hydrogen-bond acceptors (Lipinski definition) is 4. The topological polar surface area (TPSA) is 28.2 Å². The molecule has 0 amide bonds. The molecule has 0 unspecified atom stereocenters. The third kappa shape index (κ3) is 3.55. The first-order chi connectivity index (χ1) is 9.61. The summed E-state index contributed by atoms with van der Waals surface area (Å²) in [7, 11) is 0. The summed E-state index contributed by atoms with van der Waals surface area (Å²) in [5.41, 5.74) is 1.57. The van der Waals surface area contributed by atoms with Crippen molar-refractivity contribution in [2.75, 3.05) is 11.4 Å². The number of hydrogen-bond donors (Lipinski definition) is 1. The number of aromatic nitrogens is 1. The van der Waals surface area contributed by atoms with Crippen LogP contribution >= 0.6 is 11.3 Å². The normalized spacial score (nSPS) is 11.1. The van der Waals surface area contributed by atoms with Crippen LogP contribution in [0.4, 0.5) is 15.2 Å². The molecular formula is C15H20FN3S. The van der Waals surface area contributed by atoms with Gasteiger partial charge in [0.25, 0.3) is 0 Å². The van der Waals surface area contributed by atoms with Crippen LogP contribution in [0.2, 0.25) is 0 Å². The number of para-hydroxylation sites is 1. The van der Waals surface area contributed by atoms with Gasteiger partial charge in [0, 0.05) is 24.5 Å². The summed E-state index contributed by atoms with van der Waals surface area (Å²) in [4.78, 5) is 6.49. The number of rotatable bonds is 6. The van der Waals surface area contributed by atoms with Crippen LogP contribution < -0.4 is 10.2 Å². The van der Waals surface area contributed by atoms with E-state index in [-0.39, 0.29) is 5.82 Å². The van der Waals surface area contributed by atoms with Gasteiger partial charge in [-0.2, -0.15) is 0 Å². The van der Waals surface area contributed by atoms with E-state index in [1.54, 1.807) is 23.5 Å². The predicted molar refractivity (Wildman–Crippen MR) is 83.2 cm³/mol. The number of thiazole rings is 1. The Morgan fingerprint density at radius 1 is 1.35 bits per heavy atom. The molecule has 1 aromatic heterocycles. The molecule has 0 saturated carbocycles. The van der Waals surface area contributed by atoms with Crippen LogP contribution in [0.15, 0.2) is 29.6 Å². The zero-order valence-electron chi connectivity index (χ0n) is 12.1. The molecule has 0 spiro atoms. The zero-order chi connectivity index (χ0) is 14.5. The Balaban J connectivity index is 2.18. The van der Waals surface area contributed by atoms with Crippen molar-refractivity contribution in [3.63, 3.8) is 0 Å². The van der Waals surface area contributed by atoms with E-state index in [1.165, 1.54) is 6.07 Å². The molecule has 2 aromatic rings. The number of nitrogens with zero attached hydrogens (tertiary/aromatic N) is 2. The van der Waals surface area contributed by atoms with Gasteiger partial charge in [0.05, 0.1) is 11.4 Å². The average molecular weight is 293 g/mol. The summed E-state index contributed by atoms with van der Waals surface area (Å²) in [6.45, 7) is 7.63. The molecule has 1 aromatic carbocycles. The molecule has 3 nitrogen and oxygen atoms in total. The molecule has 20 heavy (non-hydrogen) atoms. The van der Waals surface area contributed by atoms with Gasteiger partial charge >= 0.3 is 0 Å². The molecule has 1 heterocycles. The summed E-state index contributed by atoms with van der Waals surface area (Å²) < 4.78 is 13.9. The SMILES string of the molecule is CCN(c1nc(CNC(C)C)cs1)c1ccccc1F. The highest BCUT2D eigenvalue weighted by molar-refractivity contribution is 7.13. The smallest absolute Gasteiger partial charge is 0.190 e. The van der Waals surface area contributed by atoms with Crippen molar-refractivity contribution in [3.8, 4) is 0 Å². The Morgan fingerprint density at radius 3 is 2.75 bits per heavy atom. The highest BCUT2D eigenvalue weighted by Gasteiger charge is 2.15. The van der Waals surface area contributed by atoms with E-state index in [9.17, 15) is 4.39 Å². The third-order valence-corrected chi connectivity index (χ3v) is 3.83. The van der Waals surface area contributed by atoms with Crippen molar-refractivity contribution in [1.29, 1.82) is 0 Å². The van der Waals surface area contributed by atoms with Crippen molar-refractivity contribution in [3.05, 3.63) is 41.2 Å². The van der Waals surface area contributed by atoms with E-state index >= 15 is 0 Å². The standard InChI is InChI=1S/C15H20FN3S/c1-4-19(14-8-6-5-7-13(14)16)15-18-12(10-20-15)9-17-11(2)3/h5-8,10-11,17H,4,9H2,1-3H3. The molecule has 0 aliphatic heterocycles. The largest absolute Gasteiger partial charge is 0.315 e. The highest BCUT2D eigenvalue weighted by Crippen LogP contribution is 2.30. The molecule has 0 aliphatic rings. The number of nitrogens with one attached hydrogen (secondary N) is 1. The van der Waals surface area contributed by atoms with Gasteiger partial charge in [-0.25, -0.2) is 9.37 Å². The maximum absolute atomic E-state index is 13.9. The molecule has 0 atom stereocenters. The van der Waals surface area contributed by atoms with Gasteiger partial charge in [-0.05, 0) is 19.1 Å². The number of benzene rings is 1. The van der Waals surface area contributed by atoms with Gasteiger partial charge in [-0.15, -0.1) is 11.3 Å². The Bertz CT molecular complexity index is 554. The average Bonchev–Trinajstić information content (AvgIpc) is 2.88. The number of anilines is 2. The second kappa shape index (κ2) is 6.81. The van der Waals surface area contributed by atoms with E-state index < -0.39 is 0 Å². The summed E-state index contributed by atoms with van der Waals surface area (Å²) in [6, 6.07) is 7.23. The zero-order valence-corrected chi connectivity index (χ0v) is 12.9. The number of halogens is 1. The van der Waals surface area contributed by atoms with Crippen LogP contribution in [0.1, 0.15) is 26.5 Å². The fourth-order valence-electron chi connectivity index (χ4n) is 1.89. The second-order valence-electron chi connectivity index (χ2n) is 4.85. The molecule has 0 aliphatic carbocycles. The molecule has 1 N–H and O–H groups in total. The minimum Gasteiger partial charge on any atom is -0.315 e. The van der Waals surface area contributed by atoms with Crippen LogP contribution in [0, 0.1) is 5.82 Å². The first-order valence-corrected chi connectivity index (χ1v) is 7.69. The highest BCUT2D eigenvalue weighted by atomic mass is 32.1. The molecule has 0 radical (unpaired) electrons. The Kier molecular flexibility index (Phi) is 5.09. The van der Waals surface area contributed by atoms with Crippen LogP contribution in [-0.2, 0) is 6.54 Å². The van der Waals surface area contributed by atoms with Crippen LogP contribution in [0.3, 0.4) is 0 Å². The maximum Gasteiger partial charge on any atom is 0.190 e. The van der Waals surface area contributed by atoms with E-state index in [4.69, 9.17) is 0 Å². The lowest BCUT2D eigenvalue weighted by Gasteiger charge is -2.20. The molecule has 0 saturated heterocycles. The van der Waals surface area contributed by atoms with Gasteiger partial charge in [0.15, 0.2) is 5.13 Å². The fraction of sp³-hybridized carbons (Fsp3) is 0.400. The van der Waals surface area contributed by atoms with Crippen molar-refractivity contribution in [2.24, 2.45) is 0 Å². The van der Waals surface area contributed by atoms with Crippen LogP contribution in [0.25, 0.3) is 0 Å². The van der Waals surface area contributed by atoms with Gasteiger partial charge in [-0.1, -0.05) is 26.0 Å². The Labute approximate surface area is 123 Å². The van der Waals surface area contributed by atoms with Crippen molar-refractivity contribution >= 4 is 22.2 Å². The molecule has 0 fully saturated rings. The monoisotopic (exact) mass is 293 g/mol. The summed E-state index contributed by atoms with van der Waals surface area (Å²) >= 11 is 1.55. The van der Waals surface area contributed by atoms with Crippen molar-refractivity contribution in [2.45, 2.75) is 33.4 Å². The van der Waals surface area contributed by atoms with Gasteiger partial charge in [-0.3, -0.25) is 0 Å². The Hall–Kier alpha value is -1.46. The third-order valence-electron chi connectivity index (χ3n) is 2.92. The van der Waals surface area contributed by atoms with Crippen LogP contribution in [0.5, 0.6) is 0 Å². The van der Waals surface area contributed by atoms with Crippen molar-refractivity contribution in [1.82, 2.24) is 10.3 Å². The predicted octanol–water partition coefficient (Wildman–Crippen LogP) is 3.94. The second-order valence-corrected chi connectivity index (χ2v) is 5.69. The summed E-state index contributed by atoms with van der Waals surface area (Å²) in [5.74, 6) is -0.216. The molecule has 5 heteroatoms. The van der Waals surface area contributed by atoms with E-state index in [0.717, 1.165) is 17.4 Å². The van der Waals surface area contributed by atoms with Gasteiger partial charge in [0.2, 0.25) is 0 Å². The minimum atomic E-state index is -0.216. The van der Waals surface area contributed by atoms with E-state index in [2.05, 4.69) is 24.1 Å². The van der Waals surface area contributed by atoms with Gasteiger partial charge < -0.3 is 10.2 Å². The maximum atomic E-state index is 13.9. The van der Waals surface area contributed by atoms with Crippen LogP contribution in [-0.4, -0.2) is 17.6 Å². The van der Waals surface area contributed by atoms with E-state index in [0.29, 0.717) is 18.3 Å². The first kappa shape index (κ1) is 14.9. The lowest BCUT2D eigenvalue weighted by Crippen LogP contribution is -2.22. The van der Waals surface area contributed by atoms with Crippen molar-refractivity contribution < 1.29 is 4.39 Å². The lowest BCUT2D eigenvalue weighted by molar-refractivity contribution is 0.583. The summed E-state index contributed by atoms with van der Waals surface area (Å²) in [5, 5.41) is 6.19. The molecule has 2 rings (SSSR count). The van der Waals surface area contributed by atoms with Gasteiger partial charge in [0.1, 0.15) is 5.82 Å².